The first kappa shape index (κ1) is 13.6. The second kappa shape index (κ2) is 5.57. The molecule has 1 fully saturated rings. The quantitative estimate of drug-likeness (QED) is 0.826. The van der Waals surface area contributed by atoms with Crippen molar-refractivity contribution in [3.63, 3.8) is 0 Å². The fraction of sp³-hybridized carbons (Fsp3) is 0.333. The maximum Gasteiger partial charge on any atom is 0.274 e. The van der Waals surface area contributed by atoms with Crippen molar-refractivity contribution in [1.82, 2.24) is 14.7 Å². The lowest BCUT2D eigenvalue weighted by Crippen LogP contribution is -2.37. The van der Waals surface area contributed by atoms with Crippen molar-refractivity contribution in [1.29, 1.82) is 0 Å². The number of likely N-dealkylation sites (tertiary alicyclic amines) is 1. The molecular formula is C15H18N4O2. The molecule has 21 heavy (non-hydrogen) atoms. The second-order valence-corrected chi connectivity index (χ2v) is 5.18. The number of aliphatic hydroxyl groups excluding tert-OH is 1. The van der Waals surface area contributed by atoms with Crippen molar-refractivity contribution in [3.05, 3.63) is 42.2 Å². The number of aromatic nitrogens is 2. The number of benzene rings is 1. The molecule has 1 aromatic carbocycles. The maximum absolute atomic E-state index is 12.5. The van der Waals surface area contributed by atoms with Crippen LogP contribution in [0.3, 0.4) is 0 Å². The van der Waals surface area contributed by atoms with E-state index in [0.29, 0.717) is 17.9 Å². The Kier molecular flexibility index (Phi) is 3.62. The van der Waals surface area contributed by atoms with Gasteiger partial charge in [0, 0.05) is 12.7 Å². The van der Waals surface area contributed by atoms with Gasteiger partial charge in [-0.05, 0) is 31.0 Å². The Balaban J connectivity index is 1.85. The number of carbonyl (C=O) groups excluding carboxylic acids is 1. The summed E-state index contributed by atoms with van der Waals surface area (Å²) in [7, 11) is 0. The molecule has 1 amide bonds. The Morgan fingerprint density at radius 2 is 2.19 bits per heavy atom. The molecule has 0 spiro atoms. The first-order valence-electron chi connectivity index (χ1n) is 7.03. The van der Waals surface area contributed by atoms with Gasteiger partial charge in [-0.3, -0.25) is 4.79 Å². The number of nitrogens with zero attached hydrogens (tertiary/aromatic N) is 3. The molecule has 0 bridgehead atoms. The van der Waals surface area contributed by atoms with Crippen LogP contribution in [0.4, 0.5) is 5.69 Å². The predicted molar refractivity (Wildman–Crippen MR) is 79.1 cm³/mol. The maximum atomic E-state index is 12.5. The summed E-state index contributed by atoms with van der Waals surface area (Å²) in [6.45, 7) is 0.669. The Labute approximate surface area is 122 Å². The van der Waals surface area contributed by atoms with Crippen LogP contribution in [0.15, 0.2) is 36.5 Å². The van der Waals surface area contributed by atoms with Crippen LogP contribution in [0.1, 0.15) is 23.3 Å². The fourth-order valence-electron chi connectivity index (χ4n) is 2.71. The molecule has 1 aliphatic heterocycles. The van der Waals surface area contributed by atoms with Gasteiger partial charge in [0.1, 0.15) is 0 Å². The highest BCUT2D eigenvalue weighted by molar-refractivity contribution is 5.92. The van der Waals surface area contributed by atoms with Gasteiger partial charge in [-0.15, -0.1) is 0 Å². The van der Waals surface area contributed by atoms with Crippen molar-refractivity contribution < 1.29 is 9.90 Å². The summed E-state index contributed by atoms with van der Waals surface area (Å²) in [5.74, 6) is -0.139. The van der Waals surface area contributed by atoms with E-state index in [1.165, 1.54) is 0 Å². The number of rotatable bonds is 3. The highest BCUT2D eigenvalue weighted by Gasteiger charge is 2.29. The van der Waals surface area contributed by atoms with E-state index in [1.54, 1.807) is 27.9 Å². The van der Waals surface area contributed by atoms with Gasteiger partial charge in [0.2, 0.25) is 0 Å². The minimum atomic E-state index is -0.139. The number of carbonyl (C=O) groups is 1. The van der Waals surface area contributed by atoms with Crippen LogP contribution in [0.5, 0.6) is 0 Å². The topological polar surface area (TPSA) is 84.4 Å². The van der Waals surface area contributed by atoms with Gasteiger partial charge >= 0.3 is 0 Å². The molecule has 1 atom stereocenters. The van der Waals surface area contributed by atoms with Crippen molar-refractivity contribution >= 4 is 11.6 Å². The third-order valence-electron chi connectivity index (χ3n) is 3.84. The standard InChI is InChI=1S/C15H18N4O2/c16-12-5-1-2-6-14(12)19-9-7-13(17-19)15(21)18-8-3-4-11(18)10-20/h1-2,5-7,9,11,20H,3-4,8,10,16H2. The number of para-hydroxylation sites is 2. The van der Waals surface area contributed by atoms with Crippen molar-refractivity contribution in [2.45, 2.75) is 18.9 Å². The summed E-state index contributed by atoms with van der Waals surface area (Å²) in [6.07, 6.45) is 3.49. The average molecular weight is 286 g/mol. The summed E-state index contributed by atoms with van der Waals surface area (Å²) in [6, 6.07) is 8.96. The van der Waals surface area contributed by atoms with Crippen LogP contribution in [0.25, 0.3) is 5.69 Å². The molecule has 3 N–H and O–H groups in total. The SMILES string of the molecule is Nc1ccccc1-n1ccc(C(=O)N2CCCC2CO)n1. The minimum absolute atomic E-state index is 0.00190. The van der Waals surface area contributed by atoms with Crippen LogP contribution in [0.2, 0.25) is 0 Å². The number of hydrogen-bond acceptors (Lipinski definition) is 4. The number of amides is 1. The third-order valence-corrected chi connectivity index (χ3v) is 3.84. The van der Waals surface area contributed by atoms with Crippen LogP contribution in [-0.4, -0.2) is 44.9 Å². The summed E-state index contributed by atoms with van der Waals surface area (Å²) >= 11 is 0. The number of hydrogen-bond donors (Lipinski definition) is 2. The number of aliphatic hydroxyl groups is 1. The molecule has 6 heteroatoms. The smallest absolute Gasteiger partial charge is 0.274 e. The largest absolute Gasteiger partial charge is 0.397 e. The lowest BCUT2D eigenvalue weighted by molar-refractivity contribution is 0.0671. The second-order valence-electron chi connectivity index (χ2n) is 5.18. The van der Waals surface area contributed by atoms with Crippen molar-refractivity contribution in [2.24, 2.45) is 0 Å². The van der Waals surface area contributed by atoms with E-state index < -0.39 is 0 Å². The highest BCUT2D eigenvalue weighted by Crippen LogP contribution is 2.20. The van der Waals surface area contributed by atoms with E-state index in [-0.39, 0.29) is 18.6 Å². The van der Waals surface area contributed by atoms with Crippen LogP contribution >= 0.6 is 0 Å². The molecule has 1 aromatic heterocycles. The fourth-order valence-corrected chi connectivity index (χ4v) is 2.71. The molecule has 0 radical (unpaired) electrons. The van der Waals surface area contributed by atoms with Gasteiger partial charge in [0.05, 0.1) is 24.0 Å². The highest BCUT2D eigenvalue weighted by atomic mass is 16.3. The monoisotopic (exact) mass is 286 g/mol. The molecule has 2 aromatic rings. The molecule has 3 rings (SSSR count). The van der Waals surface area contributed by atoms with Gasteiger partial charge < -0.3 is 15.7 Å². The Morgan fingerprint density at radius 3 is 2.95 bits per heavy atom. The lowest BCUT2D eigenvalue weighted by atomic mass is 10.2. The van der Waals surface area contributed by atoms with Gasteiger partial charge in [-0.25, -0.2) is 4.68 Å². The van der Waals surface area contributed by atoms with E-state index in [2.05, 4.69) is 5.10 Å². The van der Waals surface area contributed by atoms with Gasteiger partial charge in [-0.2, -0.15) is 5.10 Å². The molecular weight excluding hydrogens is 268 g/mol. The summed E-state index contributed by atoms with van der Waals surface area (Å²) in [4.78, 5) is 14.1. The molecule has 0 aliphatic carbocycles. The Hall–Kier alpha value is -2.34. The van der Waals surface area contributed by atoms with Gasteiger partial charge in [-0.1, -0.05) is 12.1 Å². The van der Waals surface area contributed by atoms with Crippen LogP contribution in [-0.2, 0) is 0 Å². The third kappa shape index (κ3) is 2.50. The Morgan fingerprint density at radius 1 is 1.38 bits per heavy atom. The predicted octanol–water partition coefficient (Wildman–Crippen LogP) is 1.05. The van der Waals surface area contributed by atoms with Crippen LogP contribution in [0, 0.1) is 0 Å². The molecule has 1 aliphatic rings. The summed E-state index contributed by atoms with van der Waals surface area (Å²) in [5.41, 5.74) is 7.64. The normalized spacial score (nSPS) is 18.1. The van der Waals surface area contributed by atoms with E-state index >= 15 is 0 Å². The van der Waals surface area contributed by atoms with Gasteiger partial charge in [0.15, 0.2) is 5.69 Å². The first-order chi connectivity index (χ1) is 10.2. The van der Waals surface area contributed by atoms with E-state index in [1.807, 2.05) is 18.2 Å². The zero-order chi connectivity index (χ0) is 14.8. The lowest BCUT2D eigenvalue weighted by Gasteiger charge is -2.21. The molecule has 110 valence electrons. The van der Waals surface area contributed by atoms with Crippen LogP contribution < -0.4 is 5.73 Å². The van der Waals surface area contributed by atoms with E-state index in [0.717, 1.165) is 18.5 Å². The summed E-state index contributed by atoms with van der Waals surface area (Å²) in [5, 5.41) is 13.6. The van der Waals surface area contributed by atoms with Crippen molar-refractivity contribution in [2.75, 3.05) is 18.9 Å². The average Bonchev–Trinajstić information content (AvgIpc) is 3.16. The van der Waals surface area contributed by atoms with E-state index in [4.69, 9.17) is 5.73 Å². The van der Waals surface area contributed by atoms with E-state index in [9.17, 15) is 9.90 Å². The minimum Gasteiger partial charge on any atom is -0.397 e. The molecule has 1 unspecified atom stereocenters. The number of nitrogen functional groups attached to an aromatic ring is 1. The zero-order valence-electron chi connectivity index (χ0n) is 11.6. The first-order valence-corrected chi connectivity index (χ1v) is 7.03. The molecule has 1 saturated heterocycles. The summed E-state index contributed by atoms with van der Waals surface area (Å²) < 4.78 is 1.60. The number of nitrogens with two attached hydrogens (primary N) is 1. The molecule has 2 heterocycles. The Bertz CT molecular complexity index is 653. The van der Waals surface area contributed by atoms with Gasteiger partial charge in [0.25, 0.3) is 5.91 Å². The zero-order valence-corrected chi connectivity index (χ0v) is 11.6. The number of anilines is 1. The molecule has 6 nitrogen and oxygen atoms in total. The molecule has 0 saturated carbocycles. The van der Waals surface area contributed by atoms with Crippen molar-refractivity contribution in [3.8, 4) is 5.69 Å².